The Kier molecular flexibility index (Phi) is 7.36. The number of hydrogen-bond acceptors (Lipinski definition) is 0. The average Bonchev–Trinajstić information content (AvgIpc) is 3.63. The van der Waals surface area contributed by atoms with Crippen molar-refractivity contribution in [3.63, 3.8) is 0 Å². The first-order valence-corrected chi connectivity index (χ1v) is 20.6. The first-order chi connectivity index (χ1) is 25.9. The highest BCUT2D eigenvalue weighted by atomic mass is 15.1. The summed E-state index contributed by atoms with van der Waals surface area (Å²) >= 11 is 0. The standard InChI is InChI=1S/C52H52N/c1-7-33(8-2)37-28-38(34(9-3)10-4)31-51(30-37)44-26-25-35-17-15-23-45-48(35)49(44)50-46(29-41-36(27-32(5)6)18-16-24-47(41)53(50)51)52(45)42-21-13-11-19-39(42)40-20-12-14-22-43(40)52/h11-26,28-30,32-34H,7-10,27,31H2,1-6H3/q+1. The maximum absolute atomic E-state index is 2.91. The van der Waals surface area contributed by atoms with E-state index in [-0.39, 0.29) is 5.54 Å². The predicted molar refractivity (Wildman–Crippen MR) is 222 cm³/mol. The fourth-order valence-electron chi connectivity index (χ4n) is 11.7. The first kappa shape index (κ1) is 32.9. The summed E-state index contributed by atoms with van der Waals surface area (Å²) in [6.45, 7) is 14.3. The third kappa shape index (κ3) is 4.17. The molecule has 1 aliphatic heterocycles. The number of rotatable bonds is 8. The Labute approximate surface area is 316 Å². The van der Waals surface area contributed by atoms with Crippen molar-refractivity contribution >= 4 is 21.7 Å². The van der Waals surface area contributed by atoms with E-state index in [1.54, 1.807) is 11.1 Å². The molecule has 1 atom stereocenters. The summed E-state index contributed by atoms with van der Waals surface area (Å²) in [5.74, 6) is 1.67. The summed E-state index contributed by atoms with van der Waals surface area (Å²) in [7, 11) is 0. The molecule has 53 heavy (non-hydrogen) atoms. The third-order valence-corrected chi connectivity index (χ3v) is 13.9. The molecule has 2 spiro atoms. The van der Waals surface area contributed by atoms with E-state index in [1.165, 1.54) is 90.3 Å². The van der Waals surface area contributed by atoms with Gasteiger partial charge in [-0.25, -0.2) is 0 Å². The Morgan fingerprint density at radius 1 is 0.642 bits per heavy atom. The van der Waals surface area contributed by atoms with E-state index in [2.05, 4.69) is 161 Å². The zero-order valence-corrected chi connectivity index (χ0v) is 32.4. The van der Waals surface area contributed by atoms with Crippen LogP contribution in [-0.4, -0.2) is 0 Å². The van der Waals surface area contributed by atoms with E-state index in [0.717, 1.165) is 25.7 Å². The van der Waals surface area contributed by atoms with Crippen LogP contribution in [0, 0.1) is 17.8 Å². The second kappa shape index (κ2) is 11.9. The van der Waals surface area contributed by atoms with E-state index in [4.69, 9.17) is 0 Å². The molecule has 0 saturated carbocycles. The van der Waals surface area contributed by atoms with E-state index in [0.29, 0.717) is 17.8 Å². The maximum Gasteiger partial charge on any atom is 0.220 e. The SMILES string of the molecule is CCC(CC)C1=CC2(CC(C(CC)CC)=C1)c1ccc3cccc4c3c1-c1c(cc3c(CC(C)C)cccc3[n+]12)C41c2ccccc2-c2ccccc21. The van der Waals surface area contributed by atoms with Gasteiger partial charge in [-0.2, -0.15) is 4.57 Å². The normalized spacial score (nSPS) is 18.5. The smallest absolute Gasteiger partial charge is 0.177 e. The van der Waals surface area contributed by atoms with E-state index >= 15 is 0 Å². The minimum Gasteiger partial charge on any atom is -0.177 e. The first-order valence-electron chi connectivity index (χ1n) is 20.6. The van der Waals surface area contributed by atoms with Crippen molar-refractivity contribution in [1.82, 2.24) is 0 Å². The van der Waals surface area contributed by atoms with Gasteiger partial charge in [0.2, 0.25) is 16.7 Å². The molecule has 264 valence electrons. The van der Waals surface area contributed by atoms with Gasteiger partial charge in [-0.05, 0) is 106 Å². The van der Waals surface area contributed by atoms with Crippen LogP contribution in [0.5, 0.6) is 0 Å². The minimum atomic E-state index is -0.426. The Balaban J connectivity index is 1.45. The Hall–Kier alpha value is -4.75. The van der Waals surface area contributed by atoms with Gasteiger partial charge in [0, 0.05) is 34.4 Å². The Bertz CT molecular complexity index is 2510. The van der Waals surface area contributed by atoms with Crippen LogP contribution in [0.4, 0.5) is 0 Å². The second-order valence-corrected chi connectivity index (χ2v) is 16.9. The highest BCUT2D eigenvalue weighted by molar-refractivity contribution is 6.08. The zero-order chi connectivity index (χ0) is 36.2. The van der Waals surface area contributed by atoms with E-state index in [9.17, 15) is 0 Å². The summed E-state index contributed by atoms with van der Waals surface area (Å²) in [4.78, 5) is 0. The second-order valence-electron chi connectivity index (χ2n) is 16.9. The minimum absolute atomic E-state index is 0.315. The average molecular weight is 691 g/mol. The Morgan fingerprint density at radius 2 is 1.30 bits per heavy atom. The summed E-state index contributed by atoms with van der Waals surface area (Å²) in [6, 6.07) is 40.7. The number of aromatic nitrogens is 1. The van der Waals surface area contributed by atoms with Crippen LogP contribution in [-0.2, 0) is 17.4 Å². The molecule has 0 N–H and O–H groups in total. The molecule has 1 aromatic heterocycles. The van der Waals surface area contributed by atoms with Gasteiger partial charge in [0.25, 0.3) is 0 Å². The van der Waals surface area contributed by atoms with Crippen LogP contribution in [0.25, 0.3) is 44.1 Å². The molecule has 0 fully saturated rings. The maximum atomic E-state index is 2.91. The van der Waals surface area contributed by atoms with Crippen molar-refractivity contribution in [2.75, 3.05) is 0 Å². The number of pyridine rings is 1. The highest BCUT2D eigenvalue weighted by Gasteiger charge is 2.61. The van der Waals surface area contributed by atoms with Crippen molar-refractivity contribution in [2.45, 2.75) is 91.0 Å². The monoisotopic (exact) mass is 690 g/mol. The molecule has 3 aliphatic carbocycles. The molecule has 0 bridgehead atoms. The van der Waals surface area contributed by atoms with Gasteiger partial charge < -0.3 is 0 Å². The Morgan fingerprint density at radius 3 is 1.98 bits per heavy atom. The lowest BCUT2D eigenvalue weighted by molar-refractivity contribution is -0.703. The number of allylic oxidation sites excluding steroid dienone is 4. The highest BCUT2D eigenvalue weighted by Crippen LogP contribution is 2.64. The molecule has 0 saturated heterocycles. The van der Waals surface area contributed by atoms with Gasteiger partial charge in [0.05, 0.1) is 11.0 Å². The molecule has 1 nitrogen and oxygen atoms in total. The molecular formula is C52H52N+. The quantitative estimate of drug-likeness (QED) is 0.140. The van der Waals surface area contributed by atoms with Crippen molar-refractivity contribution < 1.29 is 4.57 Å². The van der Waals surface area contributed by atoms with Gasteiger partial charge in [-0.3, -0.25) is 0 Å². The van der Waals surface area contributed by atoms with Crippen molar-refractivity contribution in [3.8, 4) is 22.4 Å². The molecule has 5 aromatic carbocycles. The van der Waals surface area contributed by atoms with Crippen molar-refractivity contribution in [2.24, 2.45) is 17.8 Å². The molecule has 0 amide bonds. The van der Waals surface area contributed by atoms with Gasteiger partial charge in [0.15, 0.2) is 0 Å². The number of fused-ring (bicyclic) bond motifs is 11. The molecule has 0 radical (unpaired) electrons. The van der Waals surface area contributed by atoms with Crippen molar-refractivity contribution in [3.05, 3.63) is 160 Å². The van der Waals surface area contributed by atoms with Crippen LogP contribution < -0.4 is 4.57 Å². The molecule has 2 heterocycles. The van der Waals surface area contributed by atoms with Crippen molar-refractivity contribution in [1.29, 1.82) is 0 Å². The molecule has 1 heteroatoms. The zero-order valence-electron chi connectivity index (χ0n) is 32.4. The lowest BCUT2D eigenvalue weighted by atomic mass is 9.62. The topological polar surface area (TPSA) is 3.88 Å². The van der Waals surface area contributed by atoms with Gasteiger partial charge in [0.1, 0.15) is 0 Å². The molecule has 10 rings (SSSR count). The molecule has 4 aliphatic rings. The third-order valence-electron chi connectivity index (χ3n) is 13.9. The van der Waals surface area contributed by atoms with E-state index in [1.807, 2.05) is 0 Å². The van der Waals surface area contributed by atoms with Gasteiger partial charge in [-0.15, -0.1) is 0 Å². The molecule has 1 unspecified atom stereocenters. The fourth-order valence-corrected chi connectivity index (χ4v) is 11.7. The molecule has 6 aromatic rings. The number of benzene rings is 5. The van der Waals surface area contributed by atoms with Crippen LogP contribution >= 0.6 is 0 Å². The summed E-state index contributed by atoms with van der Waals surface area (Å²) in [6.07, 6.45) is 12.2. The summed E-state index contributed by atoms with van der Waals surface area (Å²) < 4.78 is 2.91. The number of hydrogen-bond donors (Lipinski definition) is 0. The van der Waals surface area contributed by atoms with Gasteiger partial charge >= 0.3 is 0 Å². The largest absolute Gasteiger partial charge is 0.220 e. The van der Waals surface area contributed by atoms with E-state index < -0.39 is 5.41 Å². The van der Waals surface area contributed by atoms with Crippen LogP contribution in [0.3, 0.4) is 0 Å². The fraction of sp³-hybridized carbons (Fsp3) is 0.327. The van der Waals surface area contributed by atoms with Crippen LogP contribution in [0.1, 0.15) is 107 Å². The van der Waals surface area contributed by atoms with Crippen LogP contribution in [0.15, 0.2) is 126 Å². The predicted octanol–water partition coefficient (Wildman–Crippen LogP) is 13.0. The lowest BCUT2D eigenvalue weighted by Crippen LogP contribution is -2.56. The molecular weight excluding hydrogens is 639 g/mol. The number of nitrogens with zero attached hydrogens (tertiary/aromatic N) is 1. The summed E-state index contributed by atoms with van der Waals surface area (Å²) in [5.41, 5.74) is 18.2. The lowest BCUT2D eigenvalue weighted by Gasteiger charge is -2.38. The van der Waals surface area contributed by atoms with Crippen LogP contribution in [0.2, 0.25) is 0 Å². The summed E-state index contributed by atoms with van der Waals surface area (Å²) in [5, 5.41) is 4.21. The van der Waals surface area contributed by atoms with Gasteiger partial charge in [-0.1, -0.05) is 144 Å².